The molecule has 0 atom stereocenters. The van der Waals surface area contributed by atoms with Crippen molar-refractivity contribution in [2.24, 2.45) is 5.73 Å². The minimum atomic E-state index is -0.537. The third-order valence-corrected chi connectivity index (χ3v) is 4.08. The van der Waals surface area contributed by atoms with Gasteiger partial charge in [-0.15, -0.1) is 0 Å². The average Bonchev–Trinajstić information content (AvgIpc) is 2.32. The van der Waals surface area contributed by atoms with Crippen molar-refractivity contribution in [1.29, 1.82) is 0 Å². The van der Waals surface area contributed by atoms with E-state index in [-0.39, 0.29) is 5.91 Å². The van der Waals surface area contributed by atoms with Crippen molar-refractivity contribution in [3.8, 4) is 0 Å². The maximum atomic E-state index is 11.7. The predicted molar refractivity (Wildman–Crippen MR) is 68.7 cm³/mol. The number of carbonyl (C=O) groups is 1. The molecule has 2 fully saturated rings. The minimum absolute atomic E-state index is 0.0578. The molecule has 0 spiro atoms. The Morgan fingerprint density at radius 2 is 1.88 bits per heavy atom. The molecule has 0 aromatic rings. The van der Waals surface area contributed by atoms with E-state index in [1.165, 1.54) is 32.4 Å². The second-order valence-corrected chi connectivity index (χ2v) is 5.52. The highest BCUT2D eigenvalue weighted by Crippen LogP contribution is 2.28. The molecule has 1 amide bonds. The van der Waals surface area contributed by atoms with Crippen LogP contribution >= 0.6 is 0 Å². The summed E-state index contributed by atoms with van der Waals surface area (Å²) >= 11 is 0. The fraction of sp³-hybridized carbons (Fsp3) is 0.923. The van der Waals surface area contributed by atoms with Crippen LogP contribution < -0.4 is 11.1 Å². The predicted octanol–water partition coefficient (Wildman–Crippen LogP) is 0.860. The molecule has 4 nitrogen and oxygen atoms in total. The van der Waals surface area contributed by atoms with E-state index in [0.717, 1.165) is 38.8 Å². The third-order valence-electron chi connectivity index (χ3n) is 4.08. The summed E-state index contributed by atoms with van der Waals surface area (Å²) in [6, 6.07) is 0. The largest absolute Gasteiger partial charge is 0.354 e. The second-order valence-electron chi connectivity index (χ2n) is 5.52. The summed E-state index contributed by atoms with van der Waals surface area (Å²) in [6.45, 7) is 4.34. The molecule has 17 heavy (non-hydrogen) atoms. The van der Waals surface area contributed by atoms with Crippen molar-refractivity contribution >= 4 is 5.91 Å². The number of hydrogen-bond acceptors (Lipinski definition) is 3. The van der Waals surface area contributed by atoms with Crippen LogP contribution in [-0.2, 0) is 4.79 Å². The lowest BCUT2D eigenvalue weighted by molar-refractivity contribution is -0.129. The number of nitrogens with zero attached hydrogens (tertiary/aromatic N) is 1. The molecule has 98 valence electrons. The molecule has 0 aromatic carbocycles. The number of amides is 1. The Hall–Kier alpha value is -0.610. The SMILES string of the molecule is NC1(C(=O)NCCCN2CCCCC2)CCC1. The van der Waals surface area contributed by atoms with E-state index in [0.29, 0.717) is 0 Å². The average molecular weight is 239 g/mol. The van der Waals surface area contributed by atoms with Gasteiger partial charge in [-0.3, -0.25) is 4.79 Å². The quantitative estimate of drug-likeness (QED) is 0.700. The summed E-state index contributed by atoms with van der Waals surface area (Å²) < 4.78 is 0. The smallest absolute Gasteiger partial charge is 0.240 e. The fourth-order valence-corrected chi connectivity index (χ4v) is 2.65. The van der Waals surface area contributed by atoms with Crippen LogP contribution in [0.4, 0.5) is 0 Å². The Kier molecular flexibility index (Phi) is 4.40. The second kappa shape index (κ2) is 5.83. The molecule has 1 saturated heterocycles. The molecule has 3 N–H and O–H groups in total. The topological polar surface area (TPSA) is 58.4 Å². The van der Waals surface area contributed by atoms with Crippen LogP contribution in [-0.4, -0.2) is 42.5 Å². The standard InChI is InChI=1S/C13H25N3O/c14-13(6-4-7-13)12(17)15-8-5-11-16-9-2-1-3-10-16/h1-11,14H2,(H,15,17). The third kappa shape index (κ3) is 3.42. The molecule has 4 heteroatoms. The molecule has 0 bridgehead atoms. The van der Waals surface area contributed by atoms with Crippen molar-refractivity contribution in [3.05, 3.63) is 0 Å². The van der Waals surface area contributed by atoms with Gasteiger partial charge < -0.3 is 16.0 Å². The van der Waals surface area contributed by atoms with Crippen LogP contribution in [0.2, 0.25) is 0 Å². The first kappa shape index (κ1) is 12.8. The molecule has 1 saturated carbocycles. The van der Waals surface area contributed by atoms with Crippen LogP contribution in [0.15, 0.2) is 0 Å². The van der Waals surface area contributed by atoms with Crippen molar-refractivity contribution < 1.29 is 4.79 Å². The molecular weight excluding hydrogens is 214 g/mol. The van der Waals surface area contributed by atoms with Gasteiger partial charge in [-0.05, 0) is 58.2 Å². The Morgan fingerprint density at radius 3 is 2.47 bits per heavy atom. The molecule has 0 unspecified atom stereocenters. The number of carbonyl (C=O) groups excluding carboxylic acids is 1. The number of piperidine rings is 1. The normalized spacial score (nSPS) is 24.1. The summed E-state index contributed by atoms with van der Waals surface area (Å²) in [6.07, 6.45) is 7.88. The molecule has 0 radical (unpaired) electrons. The molecule has 1 heterocycles. The van der Waals surface area contributed by atoms with Crippen LogP contribution in [0.5, 0.6) is 0 Å². The Bertz CT molecular complexity index is 257. The zero-order valence-corrected chi connectivity index (χ0v) is 10.7. The first-order valence-electron chi connectivity index (χ1n) is 7.00. The van der Waals surface area contributed by atoms with Gasteiger partial charge in [0, 0.05) is 6.54 Å². The van der Waals surface area contributed by atoms with Gasteiger partial charge in [0.15, 0.2) is 0 Å². The first-order chi connectivity index (χ1) is 8.21. The van der Waals surface area contributed by atoms with E-state index in [9.17, 15) is 4.79 Å². The zero-order chi connectivity index (χ0) is 12.1. The Labute approximate surface area is 104 Å². The van der Waals surface area contributed by atoms with Crippen LogP contribution in [0.1, 0.15) is 44.9 Å². The number of likely N-dealkylation sites (tertiary alicyclic amines) is 1. The van der Waals surface area contributed by atoms with Gasteiger partial charge in [0.25, 0.3) is 0 Å². The summed E-state index contributed by atoms with van der Waals surface area (Å²) in [5.74, 6) is 0.0578. The zero-order valence-electron chi connectivity index (χ0n) is 10.7. The number of nitrogens with one attached hydrogen (secondary N) is 1. The Morgan fingerprint density at radius 1 is 1.18 bits per heavy atom. The Balaban J connectivity index is 1.55. The molecule has 2 rings (SSSR count). The summed E-state index contributed by atoms with van der Waals surface area (Å²) in [5.41, 5.74) is 5.41. The highest BCUT2D eigenvalue weighted by Gasteiger charge is 2.39. The van der Waals surface area contributed by atoms with Crippen molar-refractivity contribution in [1.82, 2.24) is 10.2 Å². The number of nitrogens with two attached hydrogens (primary N) is 1. The lowest BCUT2D eigenvalue weighted by atomic mass is 9.77. The van der Waals surface area contributed by atoms with Gasteiger partial charge in [0.05, 0.1) is 5.54 Å². The van der Waals surface area contributed by atoms with E-state index in [4.69, 9.17) is 5.73 Å². The van der Waals surface area contributed by atoms with Gasteiger partial charge in [-0.1, -0.05) is 6.42 Å². The fourth-order valence-electron chi connectivity index (χ4n) is 2.65. The maximum Gasteiger partial charge on any atom is 0.240 e. The number of rotatable bonds is 5. The highest BCUT2D eigenvalue weighted by atomic mass is 16.2. The molecule has 2 aliphatic rings. The van der Waals surface area contributed by atoms with Crippen LogP contribution in [0.25, 0.3) is 0 Å². The minimum Gasteiger partial charge on any atom is -0.354 e. The highest BCUT2D eigenvalue weighted by molar-refractivity contribution is 5.86. The molecular formula is C13H25N3O. The van der Waals surface area contributed by atoms with E-state index in [2.05, 4.69) is 10.2 Å². The molecule has 1 aliphatic carbocycles. The summed E-state index contributed by atoms with van der Waals surface area (Å²) in [4.78, 5) is 14.2. The number of hydrogen-bond donors (Lipinski definition) is 2. The van der Waals surface area contributed by atoms with Gasteiger partial charge >= 0.3 is 0 Å². The lowest BCUT2D eigenvalue weighted by Gasteiger charge is -2.36. The van der Waals surface area contributed by atoms with Gasteiger partial charge in [0.2, 0.25) is 5.91 Å². The maximum absolute atomic E-state index is 11.7. The lowest BCUT2D eigenvalue weighted by Crippen LogP contribution is -2.58. The first-order valence-corrected chi connectivity index (χ1v) is 7.00. The van der Waals surface area contributed by atoms with Gasteiger partial charge in [-0.25, -0.2) is 0 Å². The molecule has 1 aliphatic heterocycles. The van der Waals surface area contributed by atoms with E-state index in [1.54, 1.807) is 0 Å². The van der Waals surface area contributed by atoms with E-state index < -0.39 is 5.54 Å². The van der Waals surface area contributed by atoms with Crippen molar-refractivity contribution in [2.45, 2.75) is 50.5 Å². The monoisotopic (exact) mass is 239 g/mol. The summed E-state index contributed by atoms with van der Waals surface area (Å²) in [7, 11) is 0. The van der Waals surface area contributed by atoms with Gasteiger partial charge in [-0.2, -0.15) is 0 Å². The molecule has 0 aromatic heterocycles. The van der Waals surface area contributed by atoms with Crippen molar-refractivity contribution in [2.75, 3.05) is 26.2 Å². The van der Waals surface area contributed by atoms with E-state index >= 15 is 0 Å². The van der Waals surface area contributed by atoms with Gasteiger partial charge in [0.1, 0.15) is 0 Å². The summed E-state index contributed by atoms with van der Waals surface area (Å²) in [5, 5.41) is 2.97. The van der Waals surface area contributed by atoms with Crippen LogP contribution in [0, 0.1) is 0 Å². The van der Waals surface area contributed by atoms with E-state index in [1.807, 2.05) is 0 Å². The van der Waals surface area contributed by atoms with Crippen molar-refractivity contribution in [3.63, 3.8) is 0 Å². The van der Waals surface area contributed by atoms with Crippen LogP contribution in [0.3, 0.4) is 0 Å².